The second-order valence-electron chi connectivity index (χ2n) is 7.00. The summed E-state index contributed by atoms with van der Waals surface area (Å²) < 4.78 is 11.7. The van der Waals surface area contributed by atoms with E-state index >= 15 is 0 Å². The summed E-state index contributed by atoms with van der Waals surface area (Å²) in [5.41, 5.74) is 1.87. The maximum atomic E-state index is 5.83. The van der Waals surface area contributed by atoms with Crippen molar-refractivity contribution >= 4 is 21.8 Å². The Bertz CT molecular complexity index is 815. The van der Waals surface area contributed by atoms with E-state index in [1.807, 2.05) is 52.5 Å². The van der Waals surface area contributed by atoms with Crippen molar-refractivity contribution < 1.29 is 26.3 Å². The molecular formula is C21H27CoN3O2. The third kappa shape index (κ3) is 6.07. The predicted molar refractivity (Wildman–Crippen MR) is 107 cm³/mol. The second kappa shape index (κ2) is 9.89. The first-order valence-electron chi connectivity index (χ1n) is 8.91. The monoisotopic (exact) mass is 412 g/mol. The van der Waals surface area contributed by atoms with Crippen LogP contribution in [0.15, 0.2) is 42.5 Å². The number of pyridine rings is 1. The predicted octanol–water partition coefficient (Wildman–Crippen LogP) is 3.27. The zero-order valence-electron chi connectivity index (χ0n) is 16.4. The molecule has 2 aromatic carbocycles. The Balaban J connectivity index is 0.00000261. The van der Waals surface area contributed by atoms with Crippen molar-refractivity contribution in [3.8, 4) is 11.5 Å². The summed E-state index contributed by atoms with van der Waals surface area (Å²) in [4.78, 5) is 9.01. The fourth-order valence-corrected chi connectivity index (χ4v) is 2.65. The van der Waals surface area contributed by atoms with Gasteiger partial charge in [0.15, 0.2) is 0 Å². The van der Waals surface area contributed by atoms with Crippen molar-refractivity contribution in [2.45, 2.75) is 0 Å². The average molecular weight is 412 g/mol. The van der Waals surface area contributed by atoms with Crippen molar-refractivity contribution in [3.05, 3.63) is 42.5 Å². The Kier molecular flexibility index (Phi) is 7.86. The summed E-state index contributed by atoms with van der Waals surface area (Å²) >= 11 is 0. The van der Waals surface area contributed by atoms with Gasteiger partial charge in [-0.2, -0.15) is 0 Å². The largest absolute Gasteiger partial charge is 0.492 e. The molecular weight excluding hydrogens is 385 g/mol. The van der Waals surface area contributed by atoms with Crippen molar-refractivity contribution in [2.75, 3.05) is 54.5 Å². The summed E-state index contributed by atoms with van der Waals surface area (Å²) in [5.74, 6) is 1.70. The van der Waals surface area contributed by atoms with Gasteiger partial charge in [0.05, 0.1) is 11.0 Å². The van der Waals surface area contributed by atoms with Gasteiger partial charge in [-0.05, 0) is 58.5 Å². The molecule has 1 heterocycles. The molecule has 0 saturated heterocycles. The maximum absolute atomic E-state index is 5.83. The quantitative estimate of drug-likeness (QED) is 0.531. The van der Waals surface area contributed by atoms with Gasteiger partial charge in [0.25, 0.3) is 0 Å². The van der Waals surface area contributed by atoms with Gasteiger partial charge < -0.3 is 19.3 Å². The van der Waals surface area contributed by atoms with E-state index in [0.29, 0.717) is 13.2 Å². The Morgan fingerprint density at radius 1 is 0.704 bits per heavy atom. The van der Waals surface area contributed by atoms with E-state index in [1.54, 1.807) is 0 Å². The first-order valence-corrected chi connectivity index (χ1v) is 8.91. The number of fused-ring (bicyclic) bond motifs is 2. The number of benzene rings is 2. The minimum Gasteiger partial charge on any atom is -0.492 e. The van der Waals surface area contributed by atoms with Crippen molar-refractivity contribution in [3.63, 3.8) is 0 Å². The van der Waals surface area contributed by atoms with Gasteiger partial charge in [-0.15, -0.1) is 0 Å². The van der Waals surface area contributed by atoms with Gasteiger partial charge in [0.1, 0.15) is 24.7 Å². The smallest absolute Gasteiger partial charge is 0.121 e. The van der Waals surface area contributed by atoms with Gasteiger partial charge in [-0.1, -0.05) is 0 Å². The summed E-state index contributed by atoms with van der Waals surface area (Å²) in [7, 11) is 8.15. The molecule has 0 bridgehead atoms. The Hall–Kier alpha value is -1.86. The molecule has 0 spiro atoms. The number of aromatic nitrogens is 1. The molecule has 0 atom stereocenters. The SMILES string of the molecule is CN(C)CCOc1ccc2cc3ccc(OCCN(C)C)cc3nc2c1.[Co]. The van der Waals surface area contributed by atoms with E-state index in [9.17, 15) is 0 Å². The minimum absolute atomic E-state index is 0. The van der Waals surface area contributed by atoms with Crippen LogP contribution in [-0.4, -0.2) is 69.3 Å². The molecule has 1 aromatic heterocycles. The molecule has 0 unspecified atom stereocenters. The first-order chi connectivity index (χ1) is 12.5. The third-order valence-corrected chi connectivity index (χ3v) is 4.17. The molecule has 0 saturated carbocycles. The molecule has 5 nitrogen and oxygen atoms in total. The van der Waals surface area contributed by atoms with Crippen molar-refractivity contribution in [1.82, 2.24) is 14.8 Å². The van der Waals surface area contributed by atoms with Crippen LogP contribution < -0.4 is 9.47 Å². The molecule has 0 amide bonds. The summed E-state index contributed by atoms with van der Waals surface area (Å²) in [6.45, 7) is 3.10. The van der Waals surface area contributed by atoms with Crippen LogP contribution in [0.4, 0.5) is 0 Å². The molecule has 147 valence electrons. The standard InChI is InChI=1S/C21H27N3O2.Co/c1-23(2)9-11-25-18-7-5-16-13-17-6-8-19(26-12-10-24(3)4)15-21(17)22-20(16)14-18;/h5-8,13-15H,9-12H2,1-4H3;. The van der Waals surface area contributed by atoms with Crippen LogP contribution in [0.3, 0.4) is 0 Å². The number of hydrogen-bond donors (Lipinski definition) is 0. The van der Waals surface area contributed by atoms with E-state index in [1.165, 1.54) is 0 Å². The summed E-state index contributed by atoms with van der Waals surface area (Å²) in [6.07, 6.45) is 0. The van der Waals surface area contributed by atoms with E-state index in [-0.39, 0.29) is 16.8 Å². The van der Waals surface area contributed by atoms with E-state index < -0.39 is 0 Å². The van der Waals surface area contributed by atoms with Crippen LogP contribution in [-0.2, 0) is 16.8 Å². The van der Waals surface area contributed by atoms with Crippen LogP contribution in [0.2, 0.25) is 0 Å². The number of rotatable bonds is 8. The van der Waals surface area contributed by atoms with E-state index in [2.05, 4.69) is 28.0 Å². The van der Waals surface area contributed by atoms with Crippen LogP contribution in [0, 0.1) is 0 Å². The molecule has 0 aliphatic carbocycles. The molecule has 27 heavy (non-hydrogen) atoms. The number of likely N-dealkylation sites (N-methyl/N-ethyl adjacent to an activating group) is 2. The van der Waals surface area contributed by atoms with Crippen LogP contribution in [0.1, 0.15) is 0 Å². The molecule has 0 aliphatic rings. The van der Waals surface area contributed by atoms with Gasteiger partial charge in [-0.25, -0.2) is 4.98 Å². The summed E-state index contributed by atoms with van der Waals surface area (Å²) in [5, 5.41) is 2.22. The fourth-order valence-electron chi connectivity index (χ4n) is 2.65. The number of ether oxygens (including phenoxy) is 2. The van der Waals surface area contributed by atoms with E-state index in [4.69, 9.17) is 14.5 Å². The van der Waals surface area contributed by atoms with Gasteiger partial charge >= 0.3 is 0 Å². The molecule has 0 aliphatic heterocycles. The Morgan fingerprint density at radius 2 is 1.15 bits per heavy atom. The van der Waals surface area contributed by atoms with Crippen LogP contribution in [0.25, 0.3) is 21.8 Å². The van der Waals surface area contributed by atoms with Crippen LogP contribution in [0.5, 0.6) is 11.5 Å². The molecule has 6 heteroatoms. The molecule has 3 aromatic rings. The summed E-state index contributed by atoms with van der Waals surface area (Å²) in [6, 6.07) is 14.3. The Labute approximate surface area is 171 Å². The molecule has 0 N–H and O–H groups in total. The van der Waals surface area contributed by atoms with E-state index in [0.717, 1.165) is 46.4 Å². The first kappa shape index (κ1) is 21.4. The molecule has 3 rings (SSSR count). The second-order valence-corrected chi connectivity index (χ2v) is 7.00. The molecule has 1 radical (unpaired) electrons. The van der Waals surface area contributed by atoms with Crippen molar-refractivity contribution in [1.29, 1.82) is 0 Å². The van der Waals surface area contributed by atoms with Gasteiger partial charge in [0, 0.05) is 52.8 Å². The van der Waals surface area contributed by atoms with Crippen molar-refractivity contribution in [2.24, 2.45) is 0 Å². The van der Waals surface area contributed by atoms with Crippen LogP contribution >= 0.6 is 0 Å². The topological polar surface area (TPSA) is 37.8 Å². The Morgan fingerprint density at radius 3 is 1.56 bits per heavy atom. The average Bonchev–Trinajstić information content (AvgIpc) is 2.59. The van der Waals surface area contributed by atoms with Gasteiger partial charge in [0.2, 0.25) is 0 Å². The zero-order valence-corrected chi connectivity index (χ0v) is 17.4. The zero-order chi connectivity index (χ0) is 18.5. The fraction of sp³-hybridized carbons (Fsp3) is 0.381. The minimum atomic E-state index is 0. The molecule has 0 fully saturated rings. The normalized spacial score (nSPS) is 11.2. The maximum Gasteiger partial charge on any atom is 0.121 e. The third-order valence-electron chi connectivity index (χ3n) is 4.17. The van der Waals surface area contributed by atoms with Gasteiger partial charge in [-0.3, -0.25) is 0 Å². The number of nitrogens with zero attached hydrogens (tertiary/aromatic N) is 3. The number of hydrogen-bond acceptors (Lipinski definition) is 5.